The summed E-state index contributed by atoms with van der Waals surface area (Å²) in [4.78, 5) is 2.59. The number of ether oxygens (including phenoxy) is 1. The van der Waals surface area contributed by atoms with Crippen molar-refractivity contribution in [2.45, 2.75) is 57.0 Å². The molecule has 3 heterocycles. The Morgan fingerprint density at radius 1 is 1.14 bits per heavy atom. The molecule has 1 N–H and O–H groups in total. The molecule has 1 aromatic carbocycles. The second-order valence-corrected chi connectivity index (χ2v) is 7.15. The summed E-state index contributed by atoms with van der Waals surface area (Å²) in [6.45, 7) is 5.84. The maximum Gasteiger partial charge on any atom is 0.0733 e. The van der Waals surface area contributed by atoms with Gasteiger partial charge in [0.2, 0.25) is 0 Å². The van der Waals surface area contributed by atoms with Crippen LogP contribution in [0, 0.1) is 5.92 Å². The molecule has 1 aromatic rings. The smallest absolute Gasteiger partial charge is 0.0733 e. The summed E-state index contributed by atoms with van der Waals surface area (Å²) >= 11 is 0. The summed E-state index contributed by atoms with van der Waals surface area (Å²) in [7, 11) is 0. The first-order valence-corrected chi connectivity index (χ1v) is 8.46. The van der Waals surface area contributed by atoms with Crippen LogP contribution in [0.3, 0.4) is 0 Å². The number of nitrogens with one attached hydrogen (secondary N) is 1. The zero-order valence-corrected chi connectivity index (χ0v) is 12.9. The zero-order valence-electron chi connectivity index (χ0n) is 12.9. The van der Waals surface area contributed by atoms with Crippen molar-refractivity contribution < 1.29 is 4.74 Å². The first kappa shape index (κ1) is 13.7. The Hall–Kier alpha value is -0.900. The van der Waals surface area contributed by atoms with Gasteiger partial charge in [0, 0.05) is 31.7 Å². The van der Waals surface area contributed by atoms with Crippen molar-refractivity contribution >= 4 is 0 Å². The van der Waals surface area contributed by atoms with E-state index < -0.39 is 0 Å². The van der Waals surface area contributed by atoms with Crippen LogP contribution < -0.4 is 5.32 Å². The molecule has 5 atom stereocenters. The average Bonchev–Trinajstić information content (AvgIpc) is 3.17. The molecule has 0 amide bonds. The molecule has 3 saturated heterocycles. The molecular formula is C18H26N2O. The van der Waals surface area contributed by atoms with Gasteiger partial charge in [0.25, 0.3) is 0 Å². The summed E-state index contributed by atoms with van der Waals surface area (Å²) in [6, 6.07) is 12.1. The molecule has 5 unspecified atom stereocenters. The van der Waals surface area contributed by atoms with Crippen molar-refractivity contribution in [1.29, 1.82) is 0 Å². The summed E-state index contributed by atoms with van der Waals surface area (Å²) in [6.07, 6.45) is 4.81. The Labute approximate surface area is 127 Å². The topological polar surface area (TPSA) is 24.5 Å². The number of benzene rings is 1. The Kier molecular flexibility index (Phi) is 3.74. The molecule has 2 bridgehead atoms. The quantitative estimate of drug-likeness (QED) is 0.920. The number of rotatable bonds is 4. The van der Waals surface area contributed by atoms with E-state index in [0.29, 0.717) is 24.3 Å². The molecule has 0 aliphatic carbocycles. The minimum Gasteiger partial charge on any atom is -0.373 e. The van der Waals surface area contributed by atoms with Gasteiger partial charge in [-0.25, -0.2) is 0 Å². The fraction of sp³-hybridized carbons (Fsp3) is 0.667. The molecule has 0 aromatic heterocycles. The van der Waals surface area contributed by atoms with Gasteiger partial charge >= 0.3 is 0 Å². The number of fused-ring (bicyclic) bond motifs is 2. The van der Waals surface area contributed by atoms with Crippen LogP contribution in [0.1, 0.15) is 31.7 Å². The number of likely N-dealkylation sites (tertiary alicyclic amines) is 1. The van der Waals surface area contributed by atoms with E-state index in [-0.39, 0.29) is 0 Å². The monoisotopic (exact) mass is 286 g/mol. The summed E-state index contributed by atoms with van der Waals surface area (Å²) in [5, 5.41) is 3.91. The van der Waals surface area contributed by atoms with Crippen molar-refractivity contribution in [1.82, 2.24) is 10.2 Å². The SMILES string of the molecule is CC1CN(Cc2ccccc2)CC1NC1CC2CCC1O2. The fourth-order valence-electron chi connectivity index (χ4n) is 4.34. The van der Waals surface area contributed by atoms with Gasteiger partial charge in [0.15, 0.2) is 0 Å². The lowest BCUT2D eigenvalue weighted by Gasteiger charge is -2.26. The van der Waals surface area contributed by atoms with Gasteiger partial charge in [-0.2, -0.15) is 0 Å². The van der Waals surface area contributed by atoms with Gasteiger partial charge in [-0.3, -0.25) is 4.90 Å². The lowest BCUT2D eigenvalue weighted by atomic mass is 9.94. The molecule has 3 nitrogen and oxygen atoms in total. The van der Waals surface area contributed by atoms with Crippen LogP contribution in [0.4, 0.5) is 0 Å². The standard InChI is InChI=1S/C18H26N2O/c1-13-10-20(11-14-5-3-2-4-6-14)12-17(13)19-16-9-15-7-8-18(16)21-15/h2-6,13,15-19H,7-12H2,1H3. The van der Waals surface area contributed by atoms with Crippen LogP contribution in [0.2, 0.25) is 0 Å². The first-order chi connectivity index (χ1) is 10.3. The molecule has 114 valence electrons. The van der Waals surface area contributed by atoms with Gasteiger partial charge in [-0.15, -0.1) is 0 Å². The van der Waals surface area contributed by atoms with E-state index in [1.807, 2.05) is 0 Å². The highest BCUT2D eigenvalue weighted by Gasteiger charge is 2.42. The van der Waals surface area contributed by atoms with Crippen molar-refractivity contribution in [2.75, 3.05) is 13.1 Å². The van der Waals surface area contributed by atoms with E-state index in [1.54, 1.807) is 0 Å². The second-order valence-electron chi connectivity index (χ2n) is 7.15. The van der Waals surface area contributed by atoms with Crippen molar-refractivity contribution in [3.05, 3.63) is 35.9 Å². The predicted octanol–water partition coefficient (Wildman–Crippen LogP) is 2.42. The van der Waals surface area contributed by atoms with E-state index in [4.69, 9.17) is 4.74 Å². The van der Waals surface area contributed by atoms with Crippen LogP contribution in [0.15, 0.2) is 30.3 Å². The highest BCUT2D eigenvalue weighted by Crippen LogP contribution is 2.35. The van der Waals surface area contributed by atoms with Crippen LogP contribution in [0.5, 0.6) is 0 Å². The van der Waals surface area contributed by atoms with E-state index in [0.717, 1.165) is 12.5 Å². The van der Waals surface area contributed by atoms with E-state index in [9.17, 15) is 0 Å². The van der Waals surface area contributed by atoms with Crippen molar-refractivity contribution in [2.24, 2.45) is 5.92 Å². The minimum absolute atomic E-state index is 0.491. The van der Waals surface area contributed by atoms with Crippen LogP contribution in [-0.4, -0.2) is 42.3 Å². The molecule has 3 aliphatic rings. The van der Waals surface area contributed by atoms with E-state index >= 15 is 0 Å². The van der Waals surface area contributed by atoms with Crippen LogP contribution >= 0.6 is 0 Å². The largest absolute Gasteiger partial charge is 0.373 e. The molecular weight excluding hydrogens is 260 g/mol. The molecule has 0 spiro atoms. The third kappa shape index (κ3) is 2.87. The van der Waals surface area contributed by atoms with Crippen molar-refractivity contribution in [3.63, 3.8) is 0 Å². The minimum atomic E-state index is 0.491. The van der Waals surface area contributed by atoms with Crippen molar-refractivity contribution in [3.8, 4) is 0 Å². The summed E-state index contributed by atoms with van der Waals surface area (Å²) < 4.78 is 5.98. The Morgan fingerprint density at radius 3 is 2.71 bits per heavy atom. The van der Waals surface area contributed by atoms with E-state index in [2.05, 4.69) is 47.5 Å². The third-order valence-electron chi connectivity index (χ3n) is 5.47. The predicted molar refractivity (Wildman–Crippen MR) is 84.1 cm³/mol. The van der Waals surface area contributed by atoms with E-state index in [1.165, 1.54) is 37.9 Å². The molecule has 3 fully saturated rings. The Balaban J connectivity index is 1.33. The average molecular weight is 286 g/mol. The van der Waals surface area contributed by atoms with Gasteiger partial charge in [-0.05, 0) is 30.7 Å². The van der Waals surface area contributed by atoms with Crippen LogP contribution in [0.25, 0.3) is 0 Å². The number of hydrogen-bond acceptors (Lipinski definition) is 3. The number of nitrogens with zero attached hydrogens (tertiary/aromatic N) is 1. The lowest BCUT2D eigenvalue weighted by molar-refractivity contribution is 0.0955. The molecule has 3 heteroatoms. The third-order valence-corrected chi connectivity index (χ3v) is 5.47. The highest BCUT2D eigenvalue weighted by molar-refractivity contribution is 5.15. The van der Waals surface area contributed by atoms with Gasteiger partial charge < -0.3 is 10.1 Å². The zero-order chi connectivity index (χ0) is 14.2. The summed E-state index contributed by atoms with van der Waals surface area (Å²) in [5.74, 6) is 0.729. The van der Waals surface area contributed by atoms with Gasteiger partial charge in [0.05, 0.1) is 12.2 Å². The maximum absolute atomic E-state index is 5.98. The molecule has 4 rings (SSSR count). The summed E-state index contributed by atoms with van der Waals surface area (Å²) in [5.41, 5.74) is 1.42. The first-order valence-electron chi connectivity index (χ1n) is 8.46. The van der Waals surface area contributed by atoms with Gasteiger partial charge in [-0.1, -0.05) is 37.3 Å². The molecule has 0 saturated carbocycles. The molecule has 0 radical (unpaired) electrons. The number of hydrogen-bond donors (Lipinski definition) is 1. The second kappa shape index (κ2) is 5.71. The Bertz CT molecular complexity index is 477. The normalized spacial score (nSPS) is 39.2. The highest BCUT2D eigenvalue weighted by atomic mass is 16.5. The fourth-order valence-corrected chi connectivity index (χ4v) is 4.34. The maximum atomic E-state index is 5.98. The molecule has 3 aliphatic heterocycles. The van der Waals surface area contributed by atoms with Gasteiger partial charge in [0.1, 0.15) is 0 Å². The molecule has 21 heavy (non-hydrogen) atoms. The lowest BCUT2D eigenvalue weighted by Crippen LogP contribution is -2.46. The van der Waals surface area contributed by atoms with Crippen LogP contribution in [-0.2, 0) is 11.3 Å². The Morgan fingerprint density at radius 2 is 2.00 bits per heavy atom.